The van der Waals surface area contributed by atoms with E-state index in [4.69, 9.17) is 0 Å². The van der Waals surface area contributed by atoms with Gasteiger partial charge in [-0.1, -0.05) is 18.6 Å². The van der Waals surface area contributed by atoms with E-state index in [1.165, 1.54) is 16.8 Å². The number of nitrogens with zero attached hydrogens (tertiary/aromatic N) is 5. The van der Waals surface area contributed by atoms with Crippen molar-refractivity contribution in [2.45, 2.75) is 45.3 Å². The van der Waals surface area contributed by atoms with Crippen molar-refractivity contribution < 1.29 is 9.18 Å². The van der Waals surface area contributed by atoms with Crippen molar-refractivity contribution in [2.24, 2.45) is 0 Å². The summed E-state index contributed by atoms with van der Waals surface area (Å²) in [6.45, 7) is 0.891. The van der Waals surface area contributed by atoms with Crippen molar-refractivity contribution in [1.29, 1.82) is 0 Å². The molecule has 0 radical (unpaired) electrons. The highest BCUT2D eigenvalue weighted by molar-refractivity contribution is 5.89. The first-order valence-corrected chi connectivity index (χ1v) is 9.33. The molecule has 0 atom stereocenters. The van der Waals surface area contributed by atoms with Crippen molar-refractivity contribution in [2.75, 3.05) is 5.32 Å². The van der Waals surface area contributed by atoms with Gasteiger partial charge in [-0.05, 0) is 30.5 Å². The number of carbonyl (C=O) groups is 1. The minimum atomic E-state index is -0.351. The molecular formula is C19H21FN6O2. The molecule has 1 amide bonds. The molecule has 0 spiro atoms. The van der Waals surface area contributed by atoms with Crippen LogP contribution in [-0.4, -0.2) is 30.0 Å². The lowest BCUT2D eigenvalue weighted by Crippen LogP contribution is -2.30. The Labute approximate surface area is 160 Å². The fraction of sp³-hybridized carbons (Fsp3) is 0.368. The highest BCUT2D eigenvalue weighted by Crippen LogP contribution is 2.12. The Morgan fingerprint density at radius 2 is 1.93 bits per heavy atom. The van der Waals surface area contributed by atoms with Crippen molar-refractivity contribution in [3.8, 4) is 0 Å². The van der Waals surface area contributed by atoms with Crippen LogP contribution in [0.5, 0.6) is 0 Å². The van der Waals surface area contributed by atoms with Crippen LogP contribution in [-0.2, 0) is 30.8 Å². The highest BCUT2D eigenvalue weighted by atomic mass is 19.1. The third-order valence-corrected chi connectivity index (χ3v) is 4.80. The normalized spacial score (nSPS) is 13.8. The molecule has 0 aliphatic carbocycles. The van der Waals surface area contributed by atoms with E-state index in [1.54, 1.807) is 33.6 Å². The van der Waals surface area contributed by atoms with Gasteiger partial charge in [0.2, 0.25) is 5.91 Å². The molecule has 146 valence electrons. The number of anilines is 1. The standard InChI is InChI=1S/C19H21FN6O2/c20-15-7-5-14(6-8-15)12-25-16(9-10-21-25)22-18(27)13-26-19(28)24-11-3-1-2-4-17(24)23-26/h5-10H,1-4,11-13H2,(H,22,27). The van der Waals surface area contributed by atoms with E-state index >= 15 is 0 Å². The Bertz CT molecular complexity index is 1030. The third kappa shape index (κ3) is 3.88. The molecule has 28 heavy (non-hydrogen) atoms. The Morgan fingerprint density at radius 3 is 2.75 bits per heavy atom. The SMILES string of the molecule is O=C(Cn1nc2n(c1=O)CCCCC2)Nc1ccnn1Cc1ccc(F)cc1. The van der Waals surface area contributed by atoms with Gasteiger partial charge in [-0.2, -0.15) is 10.2 Å². The van der Waals surface area contributed by atoms with E-state index in [2.05, 4.69) is 15.5 Å². The molecule has 3 aromatic rings. The summed E-state index contributed by atoms with van der Waals surface area (Å²) in [5.41, 5.74) is 0.613. The summed E-state index contributed by atoms with van der Waals surface area (Å²) < 4.78 is 17.5. The molecule has 2 aromatic heterocycles. The number of rotatable bonds is 5. The maximum Gasteiger partial charge on any atom is 0.346 e. The summed E-state index contributed by atoms with van der Waals surface area (Å²) in [6, 6.07) is 7.77. The summed E-state index contributed by atoms with van der Waals surface area (Å²) in [5.74, 6) is 0.595. The molecule has 1 aliphatic heterocycles. The van der Waals surface area contributed by atoms with E-state index in [0.717, 1.165) is 37.1 Å². The van der Waals surface area contributed by atoms with Crippen LogP contribution in [0.25, 0.3) is 0 Å². The molecule has 0 saturated heterocycles. The van der Waals surface area contributed by atoms with E-state index in [0.29, 0.717) is 18.9 Å². The van der Waals surface area contributed by atoms with Gasteiger partial charge in [0.15, 0.2) is 0 Å². The highest BCUT2D eigenvalue weighted by Gasteiger charge is 2.18. The smallest absolute Gasteiger partial charge is 0.309 e. The van der Waals surface area contributed by atoms with Gasteiger partial charge in [-0.25, -0.2) is 18.5 Å². The molecule has 1 aromatic carbocycles. The number of hydrogen-bond acceptors (Lipinski definition) is 4. The second kappa shape index (κ2) is 7.79. The lowest BCUT2D eigenvalue weighted by molar-refractivity contribution is -0.117. The Hall–Kier alpha value is -3.23. The molecule has 0 saturated carbocycles. The van der Waals surface area contributed by atoms with Gasteiger partial charge in [0.05, 0.1) is 12.7 Å². The summed E-state index contributed by atoms with van der Waals surface area (Å²) in [6.07, 6.45) is 5.37. The first-order chi connectivity index (χ1) is 13.6. The zero-order valence-corrected chi connectivity index (χ0v) is 15.3. The fourth-order valence-electron chi connectivity index (χ4n) is 3.37. The summed E-state index contributed by atoms with van der Waals surface area (Å²) in [4.78, 5) is 24.9. The molecule has 9 heteroatoms. The van der Waals surface area contributed by atoms with Gasteiger partial charge in [-0.15, -0.1) is 0 Å². The first kappa shape index (κ1) is 18.1. The average Bonchev–Trinajstić information content (AvgIpc) is 3.12. The number of hydrogen-bond donors (Lipinski definition) is 1. The predicted octanol–water partition coefficient (Wildman–Crippen LogP) is 1.79. The van der Waals surface area contributed by atoms with E-state index < -0.39 is 0 Å². The number of aryl methyl sites for hydroxylation is 1. The molecular weight excluding hydrogens is 363 g/mol. The largest absolute Gasteiger partial charge is 0.346 e. The van der Waals surface area contributed by atoms with E-state index in [1.807, 2.05) is 0 Å². The molecule has 1 N–H and O–H groups in total. The number of benzene rings is 1. The zero-order chi connectivity index (χ0) is 19.5. The number of amides is 1. The maximum absolute atomic E-state index is 13.0. The number of carbonyl (C=O) groups excluding carboxylic acids is 1. The van der Waals surface area contributed by atoms with Crippen molar-refractivity contribution >= 4 is 11.7 Å². The fourth-order valence-corrected chi connectivity index (χ4v) is 3.37. The van der Waals surface area contributed by atoms with Crippen LogP contribution in [0, 0.1) is 5.82 Å². The molecule has 8 nitrogen and oxygen atoms in total. The molecule has 0 bridgehead atoms. The van der Waals surface area contributed by atoms with Crippen LogP contribution >= 0.6 is 0 Å². The molecule has 3 heterocycles. The summed E-state index contributed by atoms with van der Waals surface area (Å²) in [7, 11) is 0. The Kier molecular flexibility index (Phi) is 5.05. The Morgan fingerprint density at radius 1 is 1.11 bits per heavy atom. The second-order valence-corrected chi connectivity index (χ2v) is 6.87. The van der Waals surface area contributed by atoms with Crippen molar-refractivity contribution in [3.05, 3.63) is 64.2 Å². The van der Waals surface area contributed by atoms with Gasteiger partial charge in [0.25, 0.3) is 0 Å². The molecule has 0 fully saturated rings. The first-order valence-electron chi connectivity index (χ1n) is 9.33. The van der Waals surface area contributed by atoms with Gasteiger partial charge < -0.3 is 5.32 Å². The van der Waals surface area contributed by atoms with Crippen LogP contribution < -0.4 is 11.0 Å². The third-order valence-electron chi connectivity index (χ3n) is 4.80. The Balaban J connectivity index is 1.44. The summed E-state index contributed by atoms with van der Waals surface area (Å²) >= 11 is 0. The number of fused-ring (bicyclic) bond motifs is 1. The number of aromatic nitrogens is 5. The van der Waals surface area contributed by atoms with Crippen molar-refractivity contribution in [3.63, 3.8) is 0 Å². The van der Waals surface area contributed by atoms with Crippen LogP contribution in [0.2, 0.25) is 0 Å². The van der Waals surface area contributed by atoms with E-state index in [9.17, 15) is 14.0 Å². The monoisotopic (exact) mass is 384 g/mol. The lowest BCUT2D eigenvalue weighted by atomic mass is 10.2. The number of halogens is 1. The van der Waals surface area contributed by atoms with Crippen LogP contribution in [0.15, 0.2) is 41.3 Å². The van der Waals surface area contributed by atoms with Crippen molar-refractivity contribution in [1.82, 2.24) is 24.1 Å². The van der Waals surface area contributed by atoms with Crippen LogP contribution in [0.3, 0.4) is 0 Å². The zero-order valence-electron chi connectivity index (χ0n) is 15.3. The molecule has 4 rings (SSSR count). The van der Waals surface area contributed by atoms with Gasteiger partial charge in [0.1, 0.15) is 24.0 Å². The lowest BCUT2D eigenvalue weighted by Gasteiger charge is -2.09. The summed E-state index contributed by atoms with van der Waals surface area (Å²) in [5, 5.41) is 11.3. The molecule has 0 unspecified atom stereocenters. The average molecular weight is 384 g/mol. The van der Waals surface area contributed by atoms with Gasteiger partial charge in [-0.3, -0.25) is 9.36 Å². The van der Waals surface area contributed by atoms with E-state index in [-0.39, 0.29) is 24.0 Å². The van der Waals surface area contributed by atoms with Gasteiger partial charge >= 0.3 is 5.69 Å². The minimum absolute atomic E-state index is 0.152. The van der Waals surface area contributed by atoms with Crippen LogP contribution in [0.1, 0.15) is 30.7 Å². The quantitative estimate of drug-likeness (QED) is 0.727. The topological polar surface area (TPSA) is 86.7 Å². The van der Waals surface area contributed by atoms with Gasteiger partial charge in [0, 0.05) is 19.0 Å². The minimum Gasteiger partial charge on any atom is -0.309 e. The molecule has 1 aliphatic rings. The maximum atomic E-state index is 13.0. The van der Waals surface area contributed by atoms with Crippen LogP contribution in [0.4, 0.5) is 10.2 Å². The predicted molar refractivity (Wildman–Crippen MR) is 100 cm³/mol. The number of nitrogens with one attached hydrogen (secondary N) is 1. The second-order valence-electron chi connectivity index (χ2n) is 6.87.